The van der Waals surface area contributed by atoms with Gasteiger partial charge in [0.05, 0.1) is 6.61 Å². The van der Waals surface area contributed by atoms with Gasteiger partial charge in [-0.1, -0.05) is 20.8 Å². The average Bonchev–Trinajstić information content (AvgIpc) is 2.26. The summed E-state index contributed by atoms with van der Waals surface area (Å²) in [7, 11) is 1.82. The van der Waals surface area contributed by atoms with Gasteiger partial charge in [-0.05, 0) is 39.0 Å². The van der Waals surface area contributed by atoms with E-state index in [1.54, 1.807) is 0 Å². The number of thioether (sulfide) groups is 1. The molecule has 0 aliphatic carbocycles. The molecule has 102 valence electrons. The lowest BCUT2D eigenvalue weighted by Gasteiger charge is -2.29. The minimum absolute atomic E-state index is 0.153. The lowest BCUT2D eigenvalue weighted by Crippen LogP contribution is -2.50. The van der Waals surface area contributed by atoms with Crippen molar-refractivity contribution in [3.05, 3.63) is 0 Å². The lowest BCUT2D eigenvalue weighted by molar-refractivity contribution is -0.150. The molecule has 0 aromatic heterocycles. The van der Waals surface area contributed by atoms with Crippen molar-refractivity contribution in [1.29, 1.82) is 0 Å². The summed E-state index contributed by atoms with van der Waals surface area (Å²) in [5, 5.41) is 3.54. The number of carbonyl (C=O) groups excluding carboxylic acids is 1. The Morgan fingerprint density at radius 1 is 1.41 bits per heavy atom. The number of likely N-dealkylation sites (N-methyl/N-ethyl adjacent to an activating group) is 1. The molecule has 17 heavy (non-hydrogen) atoms. The number of hydrogen-bond acceptors (Lipinski definition) is 4. The fraction of sp³-hybridized carbons (Fsp3) is 0.923. The van der Waals surface area contributed by atoms with Crippen molar-refractivity contribution < 1.29 is 9.53 Å². The van der Waals surface area contributed by atoms with Crippen LogP contribution in [-0.4, -0.2) is 36.2 Å². The van der Waals surface area contributed by atoms with Gasteiger partial charge in [-0.15, -0.1) is 0 Å². The topological polar surface area (TPSA) is 38.3 Å². The zero-order chi connectivity index (χ0) is 13.5. The summed E-state index contributed by atoms with van der Waals surface area (Å²) in [5.74, 6) is 1.66. The molecule has 0 spiro atoms. The van der Waals surface area contributed by atoms with Crippen molar-refractivity contribution in [3.8, 4) is 0 Å². The van der Waals surface area contributed by atoms with Crippen LogP contribution in [0.3, 0.4) is 0 Å². The highest BCUT2D eigenvalue weighted by atomic mass is 32.2. The number of rotatable bonds is 8. The van der Waals surface area contributed by atoms with Crippen molar-refractivity contribution >= 4 is 17.7 Å². The first kappa shape index (κ1) is 16.8. The fourth-order valence-electron chi connectivity index (χ4n) is 1.57. The van der Waals surface area contributed by atoms with Gasteiger partial charge in [0.25, 0.3) is 0 Å². The van der Waals surface area contributed by atoms with Crippen molar-refractivity contribution in [2.75, 3.05) is 19.4 Å². The molecule has 0 aliphatic heterocycles. The highest BCUT2D eigenvalue weighted by Gasteiger charge is 2.34. The Morgan fingerprint density at radius 3 is 2.41 bits per heavy atom. The molecule has 3 nitrogen and oxygen atoms in total. The predicted octanol–water partition coefficient (Wildman–Crippen LogP) is 2.70. The first-order valence-electron chi connectivity index (χ1n) is 6.33. The maximum absolute atomic E-state index is 11.9. The van der Waals surface area contributed by atoms with Crippen molar-refractivity contribution in [1.82, 2.24) is 5.32 Å². The average molecular weight is 261 g/mol. The smallest absolute Gasteiger partial charge is 0.326 e. The Balaban J connectivity index is 4.31. The van der Waals surface area contributed by atoms with E-state index >= 15 is 0 Å². The van der Waals surface area contributed by atoms with Crippen LogP contribution in [0.1, 0.15) is 41.0 Å². The SMILES string of the molecule is CCOC(=O)C(C)(CC(C)SCC(C)C)NC. The van der Waals surface area contributed by atoms with Crippen LogP contribution in [0.5, 0.6) is 0 Å². The van der Waals surface area contributed by atoms with Crippen LogP contribution in [0, 0.1) is 5.92 Å². The van der Waals surface area contributed by atoms with E-state index < -0.39 is 5.54 Å². The maximum Gasteiger partial charge on any atom is 0.326 e. The monoisotopic (exact) mass is 261 g/mol. The lowest BCUT2D eigenvalue weighted by atomic mass is 9.96. The summed E-state index contributed by atoms with van der Waals surface area (Å²) >= 11 is 1.91. The molecule has 0 saturated heterocycles. The molecule has 0 saturated carbocycles. The van der Waals surface area contributed by atoms with Crippen molar-refractivity contribution in [3.63, 3.8) is 0 Å². The van der Waals surface area contributed by atoms with Gasteiger partial charge in [0.15, 0.2) is 0 Å². The molecular weight excluding hydrogens is 234 g/mol. The molecule has 0 radical (unpaired) electrons. The summed E-state index contributed by atoms with van der Waals surface area (Å²) in [6.45, 7) is 10.8. The van der Waals surface area contributed by atoms with Crippen LogP contribution in [-0.2, 0) is 9.53 Å². The maximum atomic E-state index is 11.9. The number of carbonyl (C=O) groups is 1. The molecule has 0 rings (SSSR count). The van der Waals surface area contributed by atoms with E-state index in [9.17, 15) is 4.79 Å². The van der Waals surface area contributed by atoms with Gasteiger partial charge in [0, 0.05) is 5.25 Å². The van der Waals surface area contributed by atoms with Gasteiger partial charge in [-0.2, -0.15) is 11.8 Å². The molecule has 2 unspecified atom stereocenters. The van der Waals surface area contributed by atoms with Gasteiger partial charge >= 0.3 is 5.97 Å². The predicted molar refractivity (Wildman–Crippen MR) is 75.5 cm³/mol. The normalized spacial score (nSPS) is 16.6. The summed E-state index contributed by atoms with van der Waals surface area (Å²) in [5.41, 5.74) is -0.570. The van der Waals surface area contributed by atoms with Crippen molar-refractivity contribution in [2.24, 2.45) is 5.92 Å². The summed E-state index contributed by atoms with van der Waals surface area (Å²) in [4.78, 5) is 11.9. The fourth-order valence-corrected chi connectivity index (χ4v) is 2.73. The Hall–Kier alpha value is -0.220. The molecular formula is C13H27NO2S. The largest absolute Gasteiger partial charge is 0.465 e. The summed E-state index contributed by atoms with van der Waals surface area (Å²) < 4.78 is 5.11. The highest BCUT2D eigenvalue weighted by Crippen LogP contribution is 2.24. The van der Waals surface area contributed by atoms with E-state index in [1.807, 2.05) is 32.7 Å². The summed E-state index contributed by atoms with van der Waals surface area (Å²) in [6, 6.07) is 0. The van der Waals surface area contributed by atoms with E-state index in [4.69, 9.17) is 4.74 Å². The number of nitrogens with one attached hydrogen (secondary N) is 1. The quantitative estimate of drug-likeness (QED) is 0.682. The van der Waals surface area contributed by atoms with E-state index in [0.717, 1.165) is 12.2 Å². The van der Waals surface area contributed by atoms with Crippen LogP contribution >= 0.6 is 11.8 Å². The van der Waals surface area contributed by atoms with Crippen LogP contribution in [0.2, 0.25) is 0 Å². The third-order valence-corrected chi connectivity index (χ3v) is 4.28. The van der Waals surface area contributed by atoms with Crippen LogP contribution < -0.4 is 5.32 Å². The molecule has 0 amide bonds. The third kappa shape index (κ3) is 6.32. The third-order valence-electron chi connectivity index (χ3n) is 2.69. The highest BCUT2D eigenvalue weighted by molar-refractivity contribution is 7.99. The van der Waals surface area contributed by atoms with Gasteiger partial charge in [-0.25, -0.2) is 0 Å². The number of hydrogen-bond donors (Lipinski definition) is 1. The Kier molecular flexibility index (Phi) is 7.88. The minimum atomic E-state index is -0.570. The molecule has 0 aromatic rings. The molecule has 1 N–H and O–H groups in total. The zero-order valence-corrected chi connectivity index (χ0v) is 12.8. The second-order valence-corrected chi connectivity index (χ2v) is 6.52. The Bertz CT molecular complexity index is 233. The van der Waals surface area contributed by atoms with Gasteiger partial charge in [0.2, 0.25) is 0 Å². The van der Waals surface area contributed by atoms with Gasteiger partial charge < -0.3 is 10.1 Å². The second-order valence-electron chi connectivity index (χ2n) is 5.04. The van der Waals surface area contributed by atoms with Gasteiger partial charge in [0.1, 0.15) is 5.54 Å². The van der Waals surface area contributed by atoms with Crippen LogP contribution in [0.25, 0.3) is 0 Å². The zero-order valence-electron chi connectivity index (χ0n) is 12.0. The molecule has 0 fully saturated rings. The molecule has 0 aromatic carbocycles. The van der Waals surface area contributed by atoms with E-state index in [-0.39, 0.29) is 5.97 Å². The molecule has 0 bridgehead atoms. The Labute approximate surface area is 110 Å². The first-order valence-corrected chi connectivity index (χ1v) is 7.38. The number of ether oxygens (including phenoxy) is 1. The molecule has 2 atom stereocenters. The van der Waals surface area contributed by atoms with E-state index in [1.165, 1.54) is 0 Å². The first-order chi connectivity index (χ1) is 7.85. The summed E-state index contributed by atoms with van der Waals surface area (Å²) in [6.07, 6.45) is 0.791. The van der Waals surface area contributed by atoms with Crippen LogP contribution in [0.4, 0.5) is 0 Å². The minimum Gasteiger partial charge on any atom is -0.465 e. The standard InChI is InChI=1S/C13H27NO2S/c1-7-16-12(15)13(5,14-6)8-11(4)17-9-10(2)3/h10-11,14H,7-9H2,1-6H3. The van der Waals surface area contributed by atoms with E-state index in [0.29, 0.717) is 17.8 Å². The second kappa shape index (κ2) is 7.98. The molecule has 0 heterocycles. The number of esters is 1. The van der Waals surface area contributed by atoms with Crippen LogP contribution in [0.15, 0.2) is 0 Å². The molecule has 4 heteroatoms. The Morgan fingerprint density at radius 2 is 2.00 bits per heavy atom. The van der Waals surface area contributed by atoms with Crippen molar-refractivity contribution in [2.45, 2.75) is 51.8 Å². The molecule has 0 aliphatic rings. The van der Waals surface area contributed by atoms with E-state index in [2.05, 4.69) is 26.1 Å². The van der Waals surface area contributed by atoms with Gasteiger partial charge in [-0.3, -0.25) is 4.79 Å².